The van der Waals surface area contributed by atoms with E-state index >= 15 is 0 Å². The van der Waals surface area contributed by atoms with E-state index in [0.717, 1.165) is 12.1 Å². The van der Waals surface area contributed by atoms with Gasteiger partial charge in [-0.15, -0.1) is 0 Å². The van der Waals surface area contributed by atoms with Gasteiger partial charge in [0.2, 0.25) is 5.60 Å². The summed E-state index contributed by atoms with van der Waals surface area (Å²) in [4.78, 5) is 6.73. The van der Waals surface area contributed by atoms with E-state index in [2.05, 4.69) is 15.1 Å². The summed E-state index contributed by atoms with van der Waals surface area (Å²) in [6.07, 6.45) is -4.18. The molecule has 2 atom stereocenters. The van der Waals surface area contributed by atoms with Crippen molar-refractivity contribution in [2.75, 3.05) is 6.61 Å². The molecule has 0 bridgehead atoms. The van der Waals surface area contributed by atoms with Crippen LogP contribution in [0.1, 0.15) is 17.0 Å². The van der Waals surface area contributed by atoms with Crippen LogP contribution < -0.4 is 0 Å². The summed E-state index contributed by atoms with van der Waals surface area (Å²) in [5.41, 5.74) is -4.17. The third kappa shape index (κ3) is 4.13. The van der Waals surface area contributed by atoms with Crippen LogP contribution in [0.5, 0.6) is 0 Å². The molecule has 4 N–H and O–H groups in total. The lowest BCUT2D eigenvalue weighted by Crippen LogP contribution is -2.44. The molecule has 0 fully saturated rings. The molecule has 2 aromatic carbocycles. The molecule has 0 radical (unpaired) electrons. The molecule has 7 nitrogen and oxygen atoms in total. The van der Waals surface area contributed by atoms with Crippen molar-refractivity contribution in [3.05, 3.63) is 88.7 Å². The molecular weight excluding hydrogens is 516 g/mol. The predicted molar refractivity (Wildman–Crippen MR) is 128 cm³/mol. The molecule has 0 aliphatic heterocycles. The van der Waals surface area contributed by atoms with Crippen LogP contribution in [0.3, 0.4) is 0 Å². The van der Waals surface area contributed by atoms with Crippen LogP contribution in [-0.2, 0) is 12.0 Å². The third-order valence-corrected chi connectivity index (χ3v) is 6.59. The van der Waals surface area contributed by atoms with Crippen molar-refractivity contribution >= 4 is 33.4 Å². The summed E-state index contributed by atoms with van der Waals surface area (Å²) in [5.74, 6) is -0.449. The number of hydrogen-bond donors (Lipinski definition) is 4. The van der Waals surface area contributed by atoms with Crippen LogP contribution in [0.15, 0.2) is 60.9 Å². The fourth-order valence-electron chi connectivity index (χ4n) is 4.31. The average molecular weight is 535 g/mol. The van der Waals surface area contributed by atoms with E-state index in [9.17, 15) is 32.9 Å². The van der Waals surface area contributed by atoms with Gasteiger partial charge in [-0.2, -0.15) is 18.3 Å². The molecule has 3 heterocycles. The predicted octanol–water partition coefficient (Wildman–Crippen LogP) is 4.39. The Balaban J connectivity index is 1.71. The highest BCUT2D eigenvalue weighted by Crippen LogP contribution is 2.47. The van der Waals surface area contributed by atoms with E-state index in [1.807, 2.05) is 0 Å². The standard InChI is InChI=1S/C25H19ClF4N4O3/c26-21-18-7-8-31-22(18)23(33-19(21)10-17(36)12-35)24(37,25(28,29)30)14-1-6-20-13(9-14)11-32-34(20)16-4-2-15(27)3-5-16/h1-9,11,17,31,35-37H,10,12H2. The monoisotopic (exact) mass is 534 g/mol. The van der Waals surface area contributed by atoms with Crippen LogP contribution in [0, 0.1) is 5.82 Å². The normalized spacial score (nSPS) is 14.8. The van der Waals surface area contributed by atoms with Crippen molar-refractivity contribution in [1.82, 2.24) is 19.7 Å². The van der Waals surface area contributed by atoms with E-state index in [0.29, 0.717) is 11.2 Å². The molecule has 5 rings (SSSR count). The zero-order valence-electron chi connectivity index (χ0n) is 18.8. The van der Waals surface area contributed by atoms with E-state index in [-0.39, 0.29) is 33.4 Å². The smallest absolute Gasteiger partial charge is 0.394 e. The minimum atomic E-state index is -5.22. The zero-order valence-corrected chi connectivity index (χ0v) is 19.6. The van der Waals surface area contributed by atoms with Crippen molar-refractivity contribution in [3.8, 4) is 5.69 Å². The van der Waals surface area contributed by atoms with Crippen molar-refractivity contribution in [3.63, 3.8) is 0 Å². The number of fused-ring (bicyclic) bond motifs is 2. The molecule has 37 heavy (non-hydrogen) atoms. The fraction of sp³-hybridized carbons (Fsp3) is 0.200. The maximum atomic E-state index is 14.7. The van der Waals surface area contributed by atoms with Crippen molar-refractivity contribution in [2.24, 2.45) is 0 Å². The second kappa shape index (κ2) is 9.10. The first-order valence-corrected chi connectivity index (χ1v) is 11.4. The molecule has 5 aromatic rings. The first-order chi connectivity index (χ1) is 17.5. The maximum absolute atomic E-state index is 14.7. The minimum absolute atomic E-state index is 0.00643. The molecule has 3 aromatic heterocycles. The Hall–Kier alpha value is -3.51. The first-order valence-electron chi connectivity index (χ1n) is 11.0. The summed E-state index contributed by atoms with van der Waals surface area (Å²) in [6, 6.07) is 10.5. The van der Waals surface area contributed by atoms with Crippen LogP contribution >= 0.6 is 11.6 Å². The van der Waals surface area contributed by atoms with E-state index in [1.165, 1.54) is 53.5 Å². The van der Waals surface area contributed by atoms with Gasteiger partial charge in [0.05, 0.1) is 46.3 Å². The summed E-state index contributed by atoms with van der Waals surface area (Å²) < 4.78 is 58.8. The van der Waals surface area contributed by atoms with Gasteiger partial charge in [0, 0.05) is 23.4 Å². The molecule has 0 saturated heterocycles. The van der Waals surface area contributed by atoms with Crippen molar-refractivity contribution in [1.29, 1.82) is 0 Å². The molecule has 12 heteroatoms. The number of H-pyrrole nitrogens is 1. The van der Waals surface area contributed by atoms with E-state index in [1.54, 1.807) is 0 Å². The van der Waals surface area contributed by atoms with Gasteiger partial charge in [-0.25, -0.2) is 9.07 Å². The molecular formula is C25H19ClF4N4O3. The fourth-order valence-corrected chi connectivity index (χ4v) is 4.59. The summed E-state index contributed by atoms with van der Waals surface area (Å²) in [5, 5.41) is 35.1. The number of nitrogens with one attached hydrogen (secondary N) is 1. The van der Waals surface area contributed by atoms with Gasteiger partial charge < -0.3 is 20.3 Å². The first kappa shape index (κ1) is 25.2. The van der Waals surface area contributed by atoms with Gasteiger partial charge in [-0.1, -0.05) is 17.7 Å². The van der Waals surface area contributed by atoms with Gasteiger partial charge >= 0.3 is 6.18 Å². The molecule has 0 saturated carbocycles. The highest BCUT2D eigenvalue weighted by atomic mass is 35.5. The number of alkyl halides is 3. The number of aliphatic hydroxyl groups excluding tert-OH is 2. The van der Waals surface area contributed by atoms with Gasteiger partial charge in [0.15, 0.2) is 0 Å². The van der Waals surface area contributed by atoms with Crippen LogP contribution in [-0.4, -0.2) is 54.0 Å². The van der Waals surface area contributed by atoms with Gasteiger partial charge in [-0.3, -0.25) is 4.98 Å². The summed E-state index contributed by atoms with van der Waals surface area (Å²) in [6.45, 7) is -0.656. The largest absolute Gasteiger partial charge is 0.427 e. The second-order valence-electron chi connectivity index (χ2n) is 8.54. The highest BCUT2D eigenvalue weighted by Gasteiger charge is 2.58. The van der Waals surface area contributed by atoms with Crippen molar-refractivity contribution in [2.45, 2.75) is 24.3 Å². The Labute approximate surface area is 211 Å². The Bertz CT molecular complexity index is 1600. The van der Waals surface area contributed by atoms with Crippen LogP contribution in [0.25, 0.3) is 27.5 Å². The Kier molecular flexibility index (Phi) is 6.19. The van der Waals surface area contributed by atoms with Gasteiger partial charge in [-0.05, 0) is 48.0 Å². The topological polar surface area (TPSA) is 107 Å². The number of hydrogen-bond acceptors (Lipinski definition) is 5. The number of aromatic amines is 1. The van der Waals surface area contributed by atoms with Crippen LogP contribution in [0.2, 0.25) is 5.02 Å². The maximum Gasteiger partial charge on any atom is 0.427 e. The SMILES string of the molecule is OCC(O)Cc1nc(C(O)(c2ccc3c(cnn3-c3ccc(F)cc3)c2)C(F)(F)F)c2[nH]ccc2c1Cl. The van der Waals surface area contributed by atoms with Crippen LogP contribution in [0.4, 0.5) is 17.6 Å². The average Bonchev–Trinajstić information content (AvgIpc) is 3.52. The summed E-state index contributed by atoms with van der Waals surface area (Å²) in [7, 11) is 0. The molecule has 2 unspecified atom stereocenters. The zero-order chi connectivity index (χ0) is 26.5. The lowest BCUT2D eigenvalue weighted by molar-refractivity contribution is -0.249. The van der Waals surface area contributed by atoms with E-state index < -0.39 is 41.6 Å². The van der Waals surface area contributed by atoms with E-state index in [4.69, 9.17) is 11.6 Å². The molecule has 0 aliphatic rings. The lowest BCUT2D eigenvalue weighted by Gasteiger charge is -2.31. The Morgan fingerprint density at radius 2 is 1.81 bits per heavy atom. The van der Waals surface area contributed by atoms with Crippen molar-refractivity contribution < 1.29 is 32.9 Å². The highest BCUT2D eigenvalue weighted by molar-refractivity contribution is 6.36. The Morgan fingerprint density at radius 1 is 1.08 bits per heavy atom. The Morgan fingerprint density at radius 3 is 2.49 bits per heavy atom. The second-order valence-corrected chi connectivity index (χ2v) is 8.92. The summed E-state index contributed by atoms with van der Waals surface area (Å²) >= 11 is 6.34. The number of pyridine rings is 1. The number of nitrogens with zero attached hydrogens (tertiary/aromatic N) is 3. The minimum Gasteiger partial charge on any atom is -0.394 e. The third-order valence-electron chi connectivity index (χ3n) is 6.17. The number of aliphatic hydroxyl groups is 3. The quantitative estimate of drug-likeness (QED) is 0.242. The number of benzene rings is 2. The molecule has 0 spiro atoms. The molecule has 0 amide bonds. The molecule has 192 valence electrons. The molecule has 0 aliphatic carbocycles. The van der Waals surface area contributed by atoms with Gasteiger partial charge in [0.25, 0.3) is 0 Å². The number of aromatic nitrogens is 4. The van der Waals surface area contributed by atoms with Gasteiger partial charge in [0.1, 0.15) is 11.5 Å². The lowest BCUT2D eigenvalue weighted by atomic mass is 9.87. The number of rotatable bonds is 6. The number of halogens is 5.